The van der Waals surface area contributed by atoms with Crippen molar-refractivity contribution in [2.75, 3.05) is 0 Å². The summed E-state index contributed by atoms with van der Waals surface area (Å²) in [7, 11) is 0. The Balaban J connectivity index is 2.34. The number of aliphatic carboxylic acids is 2. The van der Waals surface area contributed by atoms with E-state index in [4.69, 9.17) is 0 Å². The summed E-state index contributed by atoms with van der Waals surface area (Å²) in [4.78, 5) is 24.7. The second-order valence-electron chi connectivity index (χ2n) is 6.01. The SMILES string of the molecule is O=C(O)C1(c2ccccc2)CCCC1(C(=O)O)c1ccccc1. The second kappa shape index (κ2) is 5.54. The predicted octanol–water partition coefficient (Wildman–Crippen LogP) is 3.22. The summed E-state index contributed by atoms with van der Waals surface area (Å²) < 4.78 is 0. The van der Waals surface area contributed by atoms with E-state index in [2.05, 4.69) is 0 Å². The van der Waals surface area contributed by atoms with Gasteiger partial charge in [-0.05, 0) is 24.0 Å². The van der Waals surface area contributed by atoms with Crippen LogP contribution in [0.1, 0.15) is 30.4 Å². The van der Waals surface area contributed by atoms with Gasteiger partial charge in [0.1, 0.15) is 10.8 Å². The van der Waals surface area contributed by atoms with E-state index in [9.17, 15) is 19.8 Å². The normalized spacial score (nSPS) is 26.8. The molecule has 0 bridgehead atoms. The lowest BCUT2D eigenvalue weighted by atomic mass is 9.58. The first-order valence-corrected chi connectivity index (χ1v) is 7.63. The fourth-order valence-electron chi connectivity index (χ4n) is 4.10. The van der Waals surface area contributed by atoms with Gasteiger partial charge in [0.05, 0.1) is 0 Å². The Hall–Kier alpha value is -2.62. The van der Waals surface area contributed by atoms with Crippen LogP contribution in [0.25, 0.3) is 0 Å². The smallest absolute Gasteiger partial charge is 0.315 e. The molecule has 0 amide bonds. The molecule has 0 heterocycles. The molecule has 0 saturated heterocycles. The Labute approximate surface area is 134 Å². The van der Waals surface area contributed by atoms with E-state index in [0.717, 1.165) is 0 Å². The molecule has 1 aliphatic rings. The lowest BCUT2D eigenvalue weighted by Gasteiger charge is -2.40. The van der Waals surface area contributed by atoms with E-state index in [1.54, 1.807) is 60.7 Å². The summed E-state index contributed by atoms with van der Waals surface area (Å²) in [6.45, 7) is 0. The van der Waals surface area contributed by atoms with Gasteiger partial charge in [-0.15, -0.1) is 0 Å². The van der Waals surface area contributed by atoms with Gasteiger partial charge >= 0.3 is 11.9 Å². The van der Waals surface area contributed by atoms with Crippen molar-refractivity contribution in [1.82, 2.24) is 0 Å². The maximum Gasteiger partial charge on any atom is 0.315 e. The van der Waals surface area contributed by atoms with Gasteiger partial charge in [0.2, 0.25) is 0 Å². The summed E-state index contributed by atoms with van der Waals surface area (Å²) in [5.74, 6) is -2.15. The Morgan fingerprint density at radius 1 is 0.696 bits per heavy atom. The molecule has 0 aliphatic heterocycles. The zero-order valence-corrected chi connectivity index (χ0v) is 12.6. The highest BCUT2D eigenvalue weighted by Gasteiger charge is 2.65. The van der Waals surface area contributed by atoms with Gasteiger partial charge in [-0.25, -0.2) is 0 Å². The van der Waals surface area contributed by atoms with Gasteiger partial charge in [-0.2, -0.15) is 0 Å². The average molecular weight is 310 g/mol. The lowest BCUT2D eigenvalue weighted by molar-refractivity contribution is -0.157. The van der Waals surface area contributed by atoms with Crippen LogP contribution in [-0.2, 0) is 20.4 Å². The van der Waals surface area contributed by atoms with Crippen LogP contribution in [0, 0.1) is 0 Å². The van der Waals surface area contributed by atoms with E-state index in [0.29, 0.717) is 30.4 Å². The number of carboxylic acid groups (broad SMARTS) is 2. The number of benzene rings is 2. The molecule has 2 atom stereocenters. The topological polar surface area (TPSA) is 74.6 Å². The molecule has 0 radical (unpaired) electrons. The van der Waals surface area contributed by atoms with E-state index < -0.39 is 22.8 Å². The number of carboxylic acids is 2. The third-order valence-electron chi connectivity index (χ3n) is 5.10. The molecule has 2 N–H and O–H groups in total. The van der Waals surface area contributed by atoms with Crippen molar-refractivity contribution in [2.45, 2.75) is 30.1 Å². The van der Waals surface area contributed by atoms with Crippen molar-refractivity contribution in [3.8, 4) is 0 Å². The second-order valence-corrected chi connectivity index (χ2v) is 6.01. The van der Waals surface area contributed by atoms with Gasteiger partial charge in [0, 0.05) is 0 Å². The quantitative estimate of drug-likeness (QED) is 0.909. The van der Waals surface area contributed by atoms with Crippen molar-refractivity contribution in [3.05, 3.63) is 71.8 Å². The first kappa shape index (κ1) is 15.3. The lowest BCUT2D eigenvalue weighted by Crippen LogP contribution is -2.55. The molecule has 0 spiro atoms. The van der Waals surface area contributed by atoms with Crippen molar-refractivity contribution < 1.29 is 19.8 Å². The molecule has 2 unspecified atom stereocenters. The third kappa shape index (κ3) is 1.98. The largest absolute Gasteiger partial charge is 0.481 e. The van der Waals surface area contributed by atoms with E-state index in [1.807, 2.05) is 0 Å². The highest BCUT2D eigenvalue weighted by molar-refractivity contribution is 5.96. The summed E-state index contributed by atoms with van der Waals surface area (Å²) in [6, 6.07) is 17.5. The monoisotopic (exact) mass is 310 g/mol. The molecule has 3 rings (SSSR count). The Morgan fingerprint density at radius 3 is 1.35 bits per heavy atom. The third-order valence-corrected chi connectivity index (χ3v) is 5.10. The highest BCUT2D eigenvalue weighted by Crippen LogP contribution is 2.56. The molecule has 1 saturated carbocycles. The van der Waals surface area contributed by atoms with Gasteiger partial charge in [0.15, 0.2) is 0 Å². The minimum absolute atomic E-state index is 0.313. The average Bonchev–Trinajstić information content (AvgIpc) is 2.99. The highest BCUT2D eigenvalue weighted by atomic mass is 16.4. The first-order chi connectivity index (χ1) is 11.1. The maximum absolute atomic E-state index is 12.4. The Morgan fingerprint density at radius 2 is 1.04 bits per heavy atom. The van der Waals surface area contributed by atoms with Gasteiger partial charge in [-0.3, -0.25) is 9.59 Å². The van der Waals surface area contributed by atoms with Crippen LogP contribution < -0.4 is 0 Å². The van der Waals surface area contributed by atoms with Crippen LogP contribution in [0.3, 0.4) is 0 Å². The molecule has 118 valence electrons. The molecular weight excluding hydrogens is 292 g/mol. The summed E-state index contributed by atoms with van der Waals surface area (Å²) in [6.07, 6.45) is 1.18. The van der Waals surface area contributed by atoms with Crippen LogP contribution in [0.4, 0.5) is 0 Å². The zero-order valence-electron chi connectivity index (χ0n) is 12.6. The van der Waals surface area contributed by atoms with Crippen LogP contribution in [0.15, 0.2) is 60.7 Å². The molecular formula is C19H18O4. The molecule has 4 heteroatoms. The van der Waals surface area contributed by atoms with Crippen LogP contribution in [0.5, 0.6) is 0 Å². The zero-order chi connectivity index (χ0) is 16.5. The Kier molecular flexibility index (Phi) is 3.68. The molecule has 0 aromatic heterocycles. The molecule has 1 aliphatic carbocycles. The minimum atomic E-state index is -1.46. The number of rotatable bonds is 4. The van der Waals surface area contributed by atoms with Crippen molar-refractivity contribution in [1.29, 1.82) is 0 Å². The molecule has 23 heavy (non-hydrogen) atoms. The first-order valence-electron chi connectivity index (χ1n) is 7.63. The molecule has 1 fully saturated rings. The van der Waals surface area contributed by atoms with E-state index in [-0.39, 0.29) is 0 Å². The van der Waals surface area contributed by atoms with Crippen LogP contribution >= 0.6 is 0 Å². The number of hydrogen-bond donors (Lipinski definition) is 2. The standard InChI is InChI=1S/C19H18O4/c20-16(21)18(14-8-3-1-4-9-14)12-7-13-19(18,17(22)23)15-10-5-2-6-11-15/h1-6,8-11H,7,12-13H2,(H,20,21)(H,22,23). The minimum Gasteiger partial charge on any atom is -0.481 e. The van der Waals surface area contributed by atoms with Gasteiger partial charge < -0.3 is 10.2 Å². The fourth-order valence-corrected chi connectivity index (χ4v) is 4.10. The summed E-state index contributed by atoms with van der Waals surface area (Å²) in [5, 5.41) is 20.2. The van der Waals surface area contributed by atoms with Crippen LogP contribution in [0.2, 0.25) is 0 Å². The molecule has 2 aromatic carbocycles. The van der Waals surface area contributed by atoms with Crippen molar-refractivity contribution >= 4 is 11.9 Å². The van der Waals surface area contributed by atoms with E-state index >= 15 is 0 Å². The molecule has 2 aromatic rings. The van der Waals surface area contributed by atoms with Crippen LogP contribution in [-0.4, -0.2) is 22.2 Å². The predicted molar refractivity (Wildman–Crippen MR) is 85.4 cm³/mol. The van der Waals surface area contributed by atoms with E-state index in [1.165, 1.54) is 0 Å². The van der Waals surface area contributed by atoms with Gasteiger partial charge in [0.25, 0.3) is 0 Å². The van der Waals surface area contributed by atoms with Gasteiger partial charge in [-0.1, -0.05) is 67.1 Å². The number of hydrogen-bond acceptors (Lipinski definition) is 2. The number of carbonyl (C=O) groups is 2. The maximum atomic E-state index is 12.4. The molecule has 4 nitrogen and oxygen atoms in total. The fraction of sp³-hybridized carbons (Fsp3) is 0.263. The summed E-state index contributed by atoms with van der Waals surface area (Å²) >= 11 is 0. The summed E-state index contributed by atoms with van der Waals surface area (Å²) in [5.41, 5.74) is -1.81. The van der Waals surface area contributed by atoms with Crippen molar-refractivity contribution in [2.24, 2.45) is 0 Å². The Bertz CT molecular complexity index is 662. The van der Waals surface area contributed by atoms with Crippen molar-refractivity contribution in [3.63, 3.8) is 0 Å².